The van der Waals surface area contributed by atoms with Crippen molar-refractivity contribution in [3.05, 3.63) is 18.0 Å². The number of hydrogen-bond acceptors (Lipinski definition) is 3. The van der Waals surface area contributed by atoms with Gasteiger partial charge in [0.1, 0.15) is 6.07 Å². The molecule has 1 rings (SSSR count). The van der Waals surface area contributed by atoms with Gasteiger partial charge in [0, 0.05) is 13.3 Å². The second-order valence-electron chi connectivity index (χ2n) is 1.10. The highest BCUT2D eigenvalue weighted by Gasteiger charge is 1.82. The van der Waals surface area contributed by atoms with Gasteiger partial charge in [0.15, 0.2) is 0 Å². The van der Waals surface area contributed by atoms with E-state index in [0.717, 1.165) is 7.11 Å². The number of aliphatic hydroxyl groups is 1. The van der Waals surface area contributed by atoms with Gasteiger partial charge in [-0.2, -0.15) is 10.4 Å². The van der Waals surface area contributed by atoms with Crippen molar-refractivity contribution in [2.75, 3.05) is 7.11 Å². The lowest BCUT2D eigenvalue weighted by molar-refractivity contribution is 0.399. The van der Waals surface area contributed by atoms with E-state index < -0.39 is 0 Å². The van der Waals surface area contributed by atoms with E-state index in [9.17, 15) is 0 Å². The molecule has 1 aromatic rings. The molecule has 0 aromatic carbocycles. The SMILES string of the molecule is CO.N#Cc1cn[nH]c1. The van der Waals surface area contributed by atoms with Crippen LogP contribution in [0.4, 0.5) is 0 Å². The molecule has 0 spiro atoms. The predicted molar refractivity (Wildman–Crippen MR) is 31.4 cm³/mol. The summed E-state index contributed by atoms with van der Waals surface area (Å²) in [6, 6.07) is 1.91. The summed E-state index contributed by atoms with van der Waals surface area (Å²) in [7, 11) is 1.00. The van der Waals surface area contributed by atoms with E-state index in [0.29, 0.717) is 5.56 Å². The highest BCUT2D eigenvalue weighted by atomic mass is 16.2. The van der Waals surface area contributed by atoms with E-state index in [-0.39, 0.29) is 0 Å². The number of nitriles is 1. The molecule has 0 unspecified atom stereocenters. The van der Waals surface area contributed by atoms with Crippen LogP contribution in [0.2, 0.25) is 0 Å². The Balaban J connectivity index is 0.000000291. The van der Waals surface area contributed by atoms with Crippen LogP contribution < -0.4 is 0 Å². The Hall–Kier alpha value is -1.34. The molecule has 1 aromatic heterocycles. The third-order valence-electron chi connectivity index (χ3n) is 0.627. The summed E-state index contributed by atoms with van der Waals surface area (Å²) in [5, 5.41) is 21.2. The Labute approximate surface area is 52.8 Å². The maximum atomic E-state index is 8.12. The molecule has 0 radical (unpaired) electrons. The van der Waals surface area contributed by atoms with Crippen LogP contribution in [0.15, 0.2) is 12.4 Å². The molecule has 2 N–H and O–H groups in total. The molecule has 0 saturated carbocycles. The minimum Gasteiger partial charge on any atom is -0.400 e. The fourth-order valence-electron chi connectivity index (χ4n) is 0.312. The highest BCUT2D eigenvalue weighted by Crippen LogP contribution is 1.85. The molecule has 0 saturated heterocycles. The molecule has 9 heavy (non-hydrogen) atoms. The zero-order chi connectivity index (χ0) is 7.11. The molecule has 0 fully saturated rings. The summed E-state index contributed by atoms with van der Waals surface area (Å²) in [5.41, 5.74) is 0.569. The van der Waals surface area contributed by atoms with Crippen molar-refractivity contribution in [3.8, 4) is 6.07 Å². The lowest BCUT2D eigenvalue weighted by Gasteiger charge is -1.59. The Morgan fingerprint density at radius 3 is 2.67 bits per heavy atom. The minimum absolute atomic E-state index is 0.569. The van der Waals surface area contributed by atoms with E-state index in [2.05, 4.69) is 10.2 Å². The van der Waals surface area contributed by atoms with E-state index in [1.165, 1.54) is 6.20 Å². The van der Waals surface area contributed by atoms with Crippen molar-refractivity contribution >= 4 is 0 Å². The quantitative estimate of drug-likeness (QED) is 0.508. The standard InChI is InChI=1S/C4H3N3.CH4O/c5-1-4-2-6-7-3-4;1-2/h2-3H,(H,6,7);2H,1H3. The maximum Gasteiger partial charge on any atom is 0.102 e. The Bertz CT molecular complexity index is 175. The fourth-order valence-corrected chi connectivity index (χ4v) is 0.312. The molecule has 0 atom stereocenters. The summed E-state index contributed by atoms with van der Waals surface area (Å²) in [6.07, 6.45) is 3.01. The number of nitrogens with zero attached hydrogens (tertiary/aromatic N) is 2. The van der Waals surface area contributed by atoms with Gasteiger partial charge >= 0.3 is 0 Å². The smallest absolute Gasteiger partial charge is 0.102 e. The molecule has 0 aliphatic heterocycles. The van der Waals surface area contributed by atoms with Crippen molar-refractivity contribution in [1.82, 2.24) is 10.2 Å². The van der Waals surface area contributed by atoms with Gasteiger partial charge < -0.3 is 5.11 Å². The van der Waals surface area contributed by atoms with E-state index in [1.54, 1.807) is 6.20 Å². The Morgan fingerprint density at radius 2 is 2.44 bits per heavy atom. The summed E-state index contributed by atoms with van der Waals surface area (Å²) < 4.78 is 0. The van der Waals surface area contributed by atoms with Crippen molar-refractivity contribution in [2.24, 2.45) is 0 Å². The molecule has 0 amide bonds. The number of aromatic amines is 1. The summed E-state index contributed by atoms with van der Waals surface area (Å²) >= 11 is 0. The largest absolute Gasteiger partial charge is 0.400 e. The maximum absolute atomic E-state index is 8.12. The molecule has 4 nitrogen and oxygen atoms in total. The molecule has 0 aliphatic carbocycles. The highest BCUT2D eigenvalue weighted by molar-refractivity contribution is 5.20. The first-order valence-electron chi connectivity index (χ1n) is 2.27. The first-order chi connectivity index (χ1) is 4.43. The second kappa shape index (κ2) is 4.81. The fraction of sp³-hybridized carbons (Fsp3) is 0.200. The summed E-state index contributed by atoms with van der Waals surface area (Å²) in [6.45, 7) is 0. The first kappa shape index (κ1) is 7.66. The monoisotopic (exact) mass is 125 g/mol. The van der Waals surface area contributed by atoms with Crippen molar-refractivity contribution in [1.29, 1.82) is 5.26 Å². The lowest BCUT2D eigenvalue weighted by atomic mass is 10.4. The van der Waals surface area contributed by atoms with Crippen LogP contribution in [0.5, 0.6) is 0 Å². The third-order valence-corrected chi connectivity index (χ3v) is 0.627. The molecule has 0 bridgehead atoms. The van der Waals surface area contributed by atoms with Gasteiger partial charge in [0.25, 0.3) is 0 Å². The number of hydrogen-bond donors (Lipinski definition) is 2. The van der Waals surface area contributed by atoms with Gasteiger partial charge in [-0.05, 0) is 0 Å². The average Bonchev–Trinajstić information content (AvgIpc) is 2.43. The van der Waals surface area contributed by atoms with E-state index >= 15 is 0 Å². The van der Waals surface area contributed by atoms with Gasteiger partial charge in [-0.1, -0.05) is 0 Å². The minimum atomic E-state index is 0.569. The van der Waals surface area contributed by atoms with E-state index in [1.807, 2.05) is 6.07 Å². The first-order valence-corrected chi connectivity index (χ1v) is 2.27. The topological polar surface area (TPSA) is 72.7 Å². The van der Waals surface area contributed by atoms with Crippen molar-refractivity contribution in [2.45, 2.75) is 0 Å². The third kappa shape index (κ3) is 2.46. The van der Waals surface area contributed by atoms with Gasteiger partial charge in [-0.15, -0.1) is 0 Å². The van der Waals surface area contributed by atoms with Crippen LogP contribution in [0.25, 0.3) is 0 Å². The molecule has 1 heterocycles. The van der Waals surface area contributed by atoms with E-state index in [4.69, 9.17) is 10.4 Å². The van der Waals surface area contributed by atoms with Crippen molar-refractivity contribution in [3.63, 3.8) is 0 Å². The van der Waals surface area contributed by atoms with Crippen LogP contribution in [0, 0.1) is 11.3 Å². The summed E-state index contributed by atoms with van der Waals surface area (Å²) in [5.74, 6) is 0. The number of H-pyrrole nitrogens is 1. The van der Waals surface area contributed by atoms with Gasteiger partial charge in [0.05, 0.1) is 11.8 Å². The molecular weight excluding hydrogens is 118 g/mol. The van der Waals surface area contributed by atoms with Crippen LogP contribution >= 0.6 is 0 Å². The molecule has 48 valence electrons. The number of aliphatic hydroxyl groups excluding tert-OH is 1. The average molecular weight is 125 g/mol. The van der Waals surface area contributed by atoms with Crippen LogP contribution in [-0.2, 0) is 0 Å². The van der Waals surface area contributed by atoms with Crippen LogP contribution in [-0.4, -0.2) is 22.4 Å². The molecule has 4 heteroatoms. The number of nitrogens with one attached hydrogen (secondary N) is 1. The number of rotatable bonds is 0. The zero-order valence-electron chi connectivity index (χ0n) is 5.00. The van der Waals surface area contributed by atoms with Gasteiger partial charge in [-0.3, -0.25) is 5.10 Å². The normalized spacial score (nSPS) is 6.78. The predicted octanol–water partition coefficient (Wildman–Crippen LogP) is -0.110. The Morgan fingerprint density at radius 1 is 1.78 bits per heavy atom. The van der Waals surface area contributed by atoms with Crippen molar-refractivity contribution < 1.29 is 5.11 Å². The lowest BCUT2D eigenvalue weighted by Crippen LogP contribution is -1.56. The Kier molecular flexibility index (Phi) is 4.09. The zero-order valence-corrected chi connectivity index (χ0v) is 5.00. The molecular formula is C5H7N3O. The number of aromatic nitrogens is 2. The van der Waals surface area contributed by atoms with Gasteiger partial charge in [0.2, 0.25) is 0 Å². The van der Waals surface area contributed by atoms with Crippen LogP contribution in [0.3, 0.4) is 0 Å². The van der Waals surface area contributed by atoms with Gasteiger partial charge in [-0.25, -0.2) is 0 Å². The van der Waals surface area contributed by atoms with Crippen LogP contribution in [0.1, 0.15) is 5.56 Å². The summed E-state index contributed by atoms with van der Waals surface area (Å²) in [4.78, 5) is 0. The molecule has 0 aliphatic rings. The second-order valence-corrected chi connectivity index (χ2v) is 1.10.